The smallest absolute Gasteiger partial charge is 0.338 e. The summed E-state index contributed by atoms with van der Waals surface area (Å²) >= 11 is 15.4. The number of rotatable bonds is 11. The number of carbonyl (C=O) groups excluding carboxylic acids is 2. The molecule has 3 rings (SSSR count). The van der Waals surface area contributed by atoms with E-state index >= 15 is 0 Å². The van der Waals surface area contributed by atoms with Crippen molar-refractivity contribution in [3.8, 4) is 0 Å². The van der Waals surface area contributed by atoms with Gasteiger partial charge < -0.3 is 10.1 Å². The number of halogens is 3. The van der Waals surface area contributed by atoms with Gasteiger partial charge in [0.1, 0.15) is 0 Å². The van der Waals surface area contributed by atoms with Gasteiger partial charge in [0.05, 0.1) is 33.7 Å². The maximum Gasteiger partial charge on any atom is 0.338 e. The zero-order chi connectivity index (χ0) is 27.0. The molecule has 0 spiro atoms. The molecule has 7 nitrogen and oxygen atoms in total. The molecule has 0 saturated carbocycles. The standard InChI is InChI=1S/C26H25BrCl2N2O5S/c1-2-3-14-36-26(33)19-5-9-21(10-6-19)30-25(32)17-31(16-18-4-13-23(28)24(29)15-18)37(34,35)22-11-7-20(27)8-12-22/h4-13,15H,2-3,14,16-17H2,1H3,(H,30,32). The summed E-state index contributed by atoms with van der Waals surface area (Å²) in [5.41, 5.74) is 1.33. The van der Waals surface area contributed by atoms with Crippen LogP contribution in [-0.4, -0.2) is 37.8 Å². The fourth-order valence-corrected chi connectivity index (χ4v) is 5.24. The Morgan fingerprint density at radius 1 is 0.973 bits per heavy atom. The molecule has 0 saturated heterocycles. The number of anilines is 1. The van der Waals surface area contributed by atoms with Crippen LogP contribution in [0.5, 0.6) is 0 Å². The van der Waals surface area contributed by atoms with Crippen LogP contribution in [0.25, 0.3) is 0 Å². The average Bonchev–Trinajstić information content (AvgIpc) is 2.86. The molecule has 37 heavy (non-hydrogen) atoms. The van der Waals surface area contributed by atoms with Crippen molar-refractivity contribution in [1.82, 2.24) is 4.31 Å². The van der Waals surface area contributed by atoms with E-state index in [1.165, 1.54) is 24.3 Å². The molecule has 0 aliphatic heterocycles. The SMILES string of the molecule is CCCCOC(=O)c1ccc(NC(=O)CN(Cc2ccc(Cl)c(Cl)c2)S(=O)(=O)c2ccc(Br)cc2)cc1. The van der Waals surface area contributed by atoms with Crippen LogP contribution in [0.2, 0.25) is 10.0 Å². The van der Waals surface area contributed by atoms with E-state index < -0.39 is 28.4 Å². The zero-order valence-corrected chi connectivity index (χ0v) is 23.8. The van der Waals surface area contributed by atoms with Crippen LogP contribution in [0.15, 0.2) is 76.1 Å². The molecule has 1 amide bonds. The number of hydrogen-bond acceptors (Lipinski definition) is 5. The lowest BCUT2D eigenvalue weighted by Gasteiger charge is -2.22. The Bertz CT molecular complexity index is 1350. The van der Waals surface area contributed by atoms with Crippen molar-refractivity contribution in [2.45, 2.75) is 31.2 Å². The number of amides is 1. The first-order valence-corrected chi connectivity index (χ1v) is 14.4. The third kappa shape index (κ3) is 8.28. The van der Waals surface area contributed by atoms with Crippen molar-refractivity contribution >= 4 is 66.7 Å². The van der Waals surface area contributed by atoms with Crippen molar-refractivity contribution in [3.63, 3.8) is 0 Å². The lowest BCUT2D eigenvalue weighted by Crippen LogP contribution is -2.37. The first-order chi connectivity index (χ1) is 17.6. The predicted octanol–water partition coefficient (Wildman–Crippen LogP) is 6.54. The molecular formula is C26H25BrCl2N2O5S. The van der Waals surface area contributed by atoms with Crippen molar-refractivity contribution in [3.05, 3.63) is 92.4 Å². The molecule has 0 fully saturated rings. The molecule has 0 atom stereocenters. The van der Waals surface area contributed by atoms with E-state index in [-0.39, 0.29) is 16.5 Å². The number of unbranched alkanes of at least 4 members (excludes halogenated alkanes) is 1. The number of carbonyl (C=O) groups is 2. The Morgan fingerprint density at radius 2 is 1.65 bits per heavy atom. The average molecular weight is 628 g/mol. The fraction of sp³-hybridized carbons (Fsp3) is 0.231. The molecule has 3 aromatic carbocycles. The van der Waals surface area contributed by atoms with E-state index in [4.69, 9.17) is 27.9 Å². The lowest BCUT2D eigenvalue weighted by molar-refractivity contribution is -0.116. The summed E-state index contributed by atoms with van der Waals surface area (Å²) < 4.78 is 33.8. The highest BCUT2D eigenvalue weighted by atomic mass is 79.9. The van der Waals surface area contributed by atoms with Gasteiger partial charge in [-0.15, -0.1) is 0 Å². The monoisotopic (exact) mass is 626 g/mol. The number of nitrogens with zero attached hydrogens (tertiary/aromatic N) is 1. The number of nitrogens with one attached hydrogen (secondary N) is 1. The predicted molar refractivity (Wildman–Crippen MR) is 148 cm³/mol. The second kappa shape index (κ2) is 13.4. The minimum Gasteiger partial charge on any atom is -0.462 e. The second-order valence-electron chi connectivity index (χ2n) is 8.09. The Labute approximate surface area is 234 Å². The van der Waals surface area contributed by atoms with Crippen LogP contribution in [0.1, 0.15) is 35.7 Å². The van der Waals surface area contributed by atoms with Gasteiger partial charge in [0, 0.05) is 16.7 Å². The maximum atomic E-state index is 13.4. The lowest BCUT2D eigenvalue weighted by atomic mass is 10.2. The molecule has 0 aliphatic rings. The van der Waals surface area contributed by atoms with Crippen molar-refractivity contribution in [2.75, 3.05) is 18.5 Å². The number of esters is 1. The highest BCUT2D eigenvalue weighted by molar-refractivity contribution is 9.10. The molecule has 196 valence electrons. The molecule has 0 aliphatic carbocycles. The van der Waals surface area contributed by atoms with Crippen LogP contribution in [-0.2, 0) is 26.1 Å². The molecule has 0 aromatic heterocycles. The van der Waals surface area contributed by atoms with Crippen LogP contribution in [0.4, 0.5) is 5.69 Å². The topological polar surface area (TPSA) is 92.8 Å². The number of ether oxygens (including phenoxy) is 1. The molecule has 0 unspecified atom stereocenters. The van der Waals surface area contributed by atoms with Crippen LogP contribution in [0.3, 0.4) is 0 Å². The minimum absolute atomic E-state index is 0.0366. The van der Waals surface area contributed by atoms with Gasteiger partial charge in [0.25, 0.3) is 0 Å². The highest BCUT2D eigenvalue weighted by Crippen LogP contribution is 2.26. The van der Waals surface area contributed by atoms with Crippen molar-refractivity contribution in [1.29, 1.82) is 0 Å². The quantitative estimate of drug-likeness (QED) is 0.192. The van der Waals surface area contributed by atoms with Crippen molar-refractivity contribution in [2.24, 2.45) is 0 Å². The van der Waals surface area contributed by atoms with Crippen LogP contribution in [0, 0.1) is 0 Å². The zero-order valence-electron chi connectivity index (χ0n) is 19.9. The van der Waals surface area contributed by atoms with Crippen molar-refractivity contribution < 1.29 is 22.7 Å². The van der Waals surface area contributed by atoms with Gasteiger partial charge in [-0.25, -0.2) is 13.2 Å². The van der Waals surface area contributed by atoms with Gasteiger partial charge in [-0.05, 0) is 72.6 Å². The number of hydrogen-bond donors (Lipinski definition) is 1. The van der Waals surface area contributed by atoms with E-state index in [2.05, 4.69) is 21.2 Å². The summed E-state index contributed by atoms with van der Waals surface area (Å²) in [5, 5.41) is 3.29. The summed E-state index contributed by atoms with van der Waals surface area (Å²) in [5.74, 6) is -1.00. The summed E-state index contributed by atoms with van der Waals surface area (Å²) in [4.78, 5) is 25.0. The summed E-state index contributed by atoms with van der Waals surface area (Å²) in [6, 6.07) is 17.1. The third-order valence-corrected chi connectivity index (χ3v) is 8.32. The second-order valence-corrected chi connectivity index (χ2v) is 11.8. The largest absolute Gasteiger partial charge is 0.462 e. The summed E-state index contributed by atoms with van der Waals surface area (Å²) in [6.07, 6.45) is 1.69. The molecule has 11 heteroatoms. The molecule has 3 aromatic rings. The van der Waals surface area contributed by atoms with Gasteiger partial charge in [-0.3, -0.25) is 4.79 Å². The van der Waals surface area contributed by atoms with Crippen LogP contribution < -0.4 is 5.32 Å². The Balaban J connectivity index is 1.77. The minimum atomic E-state index is -4.04. The first-order valence-electron chi connectivity index (χ1n) is 11.4. The summed E-state index contributed by atoms with van der Waals surface area (Å²) in [6.45, 7) is 1.78. The molecular weight excluding hydrogens is 603 g/mol. The Hall–Kier alpha value is -2.43. The van der Waals surface area contributed by atoms with E-state index in [0.717, 1.165) is 21.6 Å². The van der Waals surface area contributed by atoms with Gasteiger partial charge in [-0.2, -0.15) is 4.31 Å². The van der Waals surface area contributed by atoms with E-state index in [1.54, 1.807) is 42.5 Å². The van der Waals surface area contributed by atoms with Crippen LogP contribution >= 0.6 is 39.1 Å². The van der Waals surface area contributed by atoms with E-state index in [9.17, 15) is 18.0 Å². The Kier molecular flexibility index (Phi) is 10.5. The van der Waals surface area contributed by atoms with E-state index in [1.807, 2.05) is 6.92 Å². The molecule has 0 bridgehead atoms. The maximum absolute atomic E-state index is 13.4. The number of sulfonamides is 1. The van der Waals surface area contributed by atoms with Gasteiger partial charge in [0.2, 0.25) is 15.9 Å². The normalized spacial score (nSPS) is 11.4. The third-order valence-electron chi connectivity index (χ3n) is 5.25. The number of benzene rings is 3. The fourth-order valence-electron chi connectivity index (χ4n) is 3.27. The summed E-state index contributed by atoms with van der Waals surface area (Å²) in [7, 11) is -4.04. The Morgan fingerprint density at radius 3 is 2.27 bits per heavy atom. The van der Waals surface area contributed by atoms with Gasteiger partial charge in [-0.1, -0.05) is 58.5 Å². The first kappa shape index (κ1) is 29.1. The molecule has 0 heterocycles. The van der Waals surface area contributed by atoms with Gasteiger partial charge in [0.15, 0.2) is 0 Å². The molecule has 1 N–H and O–H groups in total. The van der Waals surface area contributed by atoms with Gasteiger partial charge >= 0.3 is 5.97 Å². The van der Waals surface area contributed by atoms with E-state index in [0.29, 0.717) is 28.4 Å². The highest BCUT2D eigenvalue weighted by Gasteiger charge is 2.27. The molecule has 0 radical (unpaired) electrons.